The van der Waals surface area contributed by atoms with Crippen LogP contribution in [0.1, 0.15) is 6.92 Å². The third-order valence-electron chi connectivity index (χ3n) is 3.03. The number of hydrogen-bond donors (Lipinski definition) is 1. The van der Waals surface area contributed by atoms with Crippen LogP contribution in [-0.2, 0) is 19.9 Å². The third-order valence-corrected chi connectivity index (χ3v) is 6.43. The van der Waals surface area contributed by atoms with E-state index in [1.54, 1.807) is 0 Å². The van der Waals surface area contributed by atoms with Gasteiger partial charge in [0.15, 0.2) is 9.84 Å². The van der Waals surface area contributed by atoms with Crippen LogP contribution in [0.4, 0.5) is 10.1 Å². The molecule has 0 unspecified atom stereocenters. The summed E-state index contributed by atoms with van der Waals surface area (Å²) in [6.45, 7) is 1.51. The molecule has 0 heterocycles. The average molecular weight is 378 g/mol. The molecule has 5 nitrogen and oxygen atoms in total. The molecule has 0 aliphatic carbocycles. The number of sulfonamides is 1. The van der Waals surface area contributed by atoms with Crippen molar-refractivity contribution in [3.8, 4) is 0 Å². The Morgan fingerprint density at radius 1 is 1.04 bits per heavy atom. The molecule has 2 aromatic rings. The van der Waals surface area contributed by atoms with Crippen molar-refractivity contribution in [2.75, 3.05) is 10.5 Å². The Morgan fingerprint density at radius 3 is 2.17 bits per heavy atom. The number of benzene rings is 2. The summed E-state index contributed by atoms with van der Waals surface area (Å²) in [6, 6.07) is 8.38. The van der Waals surface area contributed by atoms with Crippen LogP contribution in [0.3, 0.4) is 0 Å². The molecule has 124 valence electrons. The second kappa shape index (κ2) is 6.46. The first-order valence-corrected chi connectivity index (χ1v) is 9.98. The summed E-state index contributed by atoms with van der Waals surface area (Å²) in [5, 5.41) is 0.0792. The van der Waals surface area contributed by atoms with E-state index < -0.39 is 30.6 Å². The molecule has 0 atom stereocenters. The molecule has 0 aliphatic heterocycles. The summed E-state index contributed by atoms with van der Waals surface area (Å²) >= 11 is 5.59. The zero-order valence-electron chi connectivity index (χ0n) is 12.0. The van der Waals surface area contributed by atoms with E-state index in [9.17, 15) is 21.2 Å². The van der Waals surface area contributed by atoms with Crippen molar-refractivity contribution in [3.05, 3.63) is 53.3 Å². The monoisotopic (exact) mass is 377 g/mol. The maximum atomic E-state index is 13.7. The maximum Gasteiger partial charge on any atom is 0.264 e. The first-order valence-electron chi connectivity index (χ1n) is 6.46. The van der Waals surface area contributed by atoms with E-state index in [-0.39, 0.29) is 21.4 Å². The third kappa shape index (κ3) is 4.01. The van der Waals surface area contributed by atoms with Crippen molar-refractivity contribution in [1.29, 1.82) is 0 Å². The van der Waals surface area contributed by atoms with Crippen molar-refractivity contribution < 1.29 is 21.2 Å². The number of sulfone groups is 1. The number of rotatable bonds is 5. The summed E-state index contributed by atoms with van der Waals surface area (Å²) in [5.41, 5.74) is 0.120. The Balaban J connectivity index is 2.31. The fourth-order valence-electron chi connectivity index (χ4n) is 1.80. The van der Waals surface area contributed by atoms with Gasteiger partial charge < -0.3 is 0 Å². The minimum absolute atomic E-state index is 0.0614. The largest absolute Gasteiger partial charge is 0.280 e. The Hall–Kier alpha value is -1.64. The standard InChI is InChI=1S/C14H13ClFNO4S2/c1-2-22(18,19)12-6-4-11(5-7-12)17-23(20,21)14-8-3-10(15)9-13(14)16/h3-9,17H,2H2,1H3. The number of anilines is 1. The van der Waals surface area contributed by atoms with E-state index in [4.69, 9.17) is 11.6 Å². The van der Waals surface area contributed by atoms with Crippen LogP contribution in [0.2, 0.25) is 5.02 Å². The first kappa shape index (κ1) is 17.7. The molecule has 0 aliphatic rings. The van der Waals surface area contributed by atoms with Gasteiger partial charge >= 0.3 is 0 Å². The predicted molar refractivity (Wildman–Crippen MR) is 86.4 cm³/mol. The van der Waals surface area contributed by atoms with E-state index in [1.165, 1.54) is 37.3 Å². The molecule has 9 heteroatoms. The highest BCUT2D eigenvalue weighted by Gasteiger charge is 2.20. The molecule has 0 radical (unpaired) electrons. The number of nitrogens with one attached hydrogen (secondary N) is 1. The van der Waals surface area contributed by atoms with Crippen LogP contribution in [-0.4, -0.2) is 22.6 Å². The van der Waals surface area contributed by atoms with Crippen LogP contribution in [0.25, 0.3) is 0 Å². The van der Waals surface area contributed by atoms with E-state index in [0.717, 1.165) is 12.1 Å². The second-order valence-corrected chi connectivity index (χ2v) is 8.97. The van der Waals surface area contributed by atoms with Crippen LogP contribution in [0.5, 0.6) is 0 Å². The SMILES string of the molecule is CCS(=O)(=O)c1ccc(NS(=O)(=O)c2ccc(Cl)cc2F)cc1. The minimum atomic E-state index is -4.15. The topological polar surface area (TPSA) is 80.3 Å². The van der Waals surface area contributed by atoms with Gasteiger partial charge in [0, 0.05) is 10.7 Å². The van der Waals surface area contributed by atoms with Gasteiger partial charge in [-0.3, -0.25) is 4.72 Å². The van der Waals surface area contributed by atoms with Crippen molar-refractivity contribution in [1.82, 2.24) is 0 Å². The Labute approximate surface area is 139 Å². The van der Waals surface area contributed by atoms with Crippen molar-refractivity contribution in [2.45, 2.75) is 16.7 Å². The highest BCUT2D eigenvalue weighted by Crippen LogP contribution is 2.22. The fraction of sp³-hybridized carbons (Fsp3) is 0.143. The van der Waals surface area contributed by atoms with Gasteiger partial charge in [-0.25, -0.2) is 21.2 Å². The first-order chi connectivity index (χ1) is 10.7. The summed E-state index contributed by atoms with van der Waals surface area (Å²) in [4.78, 5) is -0.465. The second-order valence-electron chi connectivity index (χ2n) is 4.61. The Kier molecular flexibility index (Phi) is 4.98. The Bertz CT molecular complexity index is 926. The van der Waals surface area contributed by atoms with E-state index >= 15 is 0 Å². The Morgan fingerprint density at radius 2 is 1.65 bits per heavy atom. The number of hydrogen-bond acceptors (Lipinski definition) is 4. The van der Waals surface area contributed by atoms with E-state index in [0.29, 0.717) is 0 Å². The predicted octanol–water partition coefficient (Wildman–Crippen LogP) is 3.07. The minimum Gasteiger partial charge on any atom is -0.280 e. The van der Waals surface area contributed by atoms with Gasteiger partial charge in [-0.15, -0.1) is 0 Å². The van der Waals surface area contributed by atoms with Gasteiger partial charge in [-0.05, 0) is 42.5 Å². The molecule has 0 amide bonds. The molecule has 1 N–H and O–H groups in total. The van der Waals surface area contributed by atoms with Gasteiger partial charge in [-0.2, -0.15) is 0 Å². The van der Waals surface area contributed by atoms with E-state index in [1.807, 2.05) is 0 Å². The lowest BCUT2D eigenvalue weighted by Crippen LogP contribution is -2.14. The normalized spacial score (nSPS) is 12.1. The van der Waals surface area contributed by atoms with Crippen LogP contribution < -0.4 is 4.72 Å². The lowest BCUT2D eigenvalue weighted by molar-refractivity contribution is 0.570. The van der Waals surface area contributed by atoms with Crippen molar-refractivity contribution in [2.24, 2.45) is 0 Å². The lowest BCUT2D eigenvalue weighted by atomic mass is 10.3. The highest BCUT2D eigenvalue weighted by molar-refractivity contribution is 7.92. The molecular weight excluding hydrogens is 365 g/mol. The zero-order chi connectivity index (χ0) is 17.3. The molecule has 2 aromatic carbocycles. The summed E-state index contributed by atoms with van der Waals surface area (Å²) < 4.78 is 63.6. The quantitative estimate of drug-likeness (QED) is 0.868. The van der Waals surface area contributed by atoms with Crippen molar-refractivity contribution >= 4 is 37.1 Å². The summed E-state index contributed by atoms with van der Waals surface area (Å²) in [5.74, 6) is -1.04. The smallest absolute Gasteiger partial charge is 0.264 e. The molecule has 0 spiro atoms. The fourth-order valence-corrected chi connectivity index (χ4v) is 3.96. The van der Waals surface area contributed by atoms with Gasteiger partial charge in [-0.1, -0.05) is 18.5 Å². The molecule has 0 aromatic heterocycles. The molecule has 0 bridgehead atoms. The maximum absolute atomic E-state index is 13.7. The van der Waals surface area contributed by atoms with Gasteiger partial charge in [0.25, 0.3) is 10.0 Å². The molecule has 2 rings (SSSR count). The summed E-state index contributed by atoms with van der Waals surface area (Å²) in [6.07, 6.45) is 0. The number of halogens is 2. The van der Waals surface area contributed by atoms with E-state index in [2.05, 4.69) is 4.72 Å². The van der Waals surface area contributed by atoms with Gasteiger partial charge in [0.2, 0.25) is 0 Å². The van der Waals surface area contributed by atoms with Gasteiger partial charge in [0.1, 0.15) is 10.7 Å². The molecule has 0 saturated heterocycles. The van der Waals surface area contributed by atoms with Crippen LogP contribution in [0.15, 0.2) is 52.3 Å². The molecule has 23 heavy (non-hydrogen) atoms. The van der Waals surface area contributed by atoms with Crippen LogP contribution in [0, 0.1) is 5.82 Å². The molecule has 0 fully saturated rings. The molecular formula is C14H13ClFNO4S2. The van der Waals surface area contributed by atoms with Gasteiger partial charge in [0.05, 0.1) is 10.6 Å². The van der Waals surface area contributed by atoms with Crippen molar-refractivity contribution in [3.63, 3.8) is 0 Å². The zero-order valence-corrected chi connectivity index (χ0v) is 14.3. The average Bonchev–Trinajstić information content (AvgIpc) is 2.47. The molecule has 0 saturated carbocycles. The summed E-state index contributed by atoms with van der Waals surface area (Å²) in [7, 11) is -7.52. The lowest BCUT2D eigenvalue weighted by Gasteiger charge is -2.10. The van der Waals surface area contributed by atoms with Crippen LogP contribution >= 0.6 is 11.6 Å². The highest BCUT2D eigenvalue weighted by atomic mass is 35.5.